The van der Waals surface area contributed by atoms with Gasteiger partial charge < -0.3 is 14.6 Å². The Labute approximate surface area is 84.7 Å². The number of hydrogen-bond donors (Lipinski definition) is 1. The SMILES string of the molecule is Cn1cnc(NC(=O)COC=O)cc1=O. The van der Waals surface area contributed by atoms with Gasteiger partial charge in [-0.05, 0) is 0 Å². The molecule has 0 spiro atoms. The summed E-state index contributed by atoms with van der Waals surface area (Å²) in [6.07, 6.45) is 1.28. The largest absolute Gasteiger partial charge is 0.458 e. The Morgan fingerprint density at radius 2 is 2.47 bits per heavy atom. The Bertz CT molecular complexity index is 426. The average molecular weight is 211 g/mol. The van der Waals surface area contributed by atoms with Crippen molar-refractivity contribution in [2.45, 2.75) is 0 Å². The first-order chi connectivity index (χ1) is 7.13. The van der Waals surface area contributed by atoms with Gasteiger partial charge in [-0.3, -0.25) is 14.4 Å². The van der Waals surface area contributed by atoms with Crippen LogP contribution in [0.15, 0.2) is 17.2 Å². The molecule has 1 aromatic rings. The van der Waals surface area contributed by atoms with Crippen molar-refractivity contribution in [3.63, 3.8) is 0 Å². The van der Waals surface area contributed by atoms with Gasteiger partial charge in [-0.15, -0.1) is 0 Å². The van der Waals surface area contributed by atoms with E-state index in [0.29, 0.717) is 0 Å². The van der Waals surface area contributed by atoms with Crippen molar-refractivity contribution < 1.29 is 14.3 Å². The molecule has 0 fully saturated rings. The van der Waals surface area contributed by atoms with Gasteiger partial charge in [-0.2, -0.15) is 0 Å². The maximum absolute atomic E-state index is 11.1. The number of carbonyl (C=O) groups excluding carboxylic acids is 2. The van der Waals surface area contributed by atoms with Gasteiger partial charge in [0.25, 0.3) is 17.9 Å². The number of nitrogens with zero attached hydrogens (tertiary/aromatic N) is 2. The molecule has 15 heavy (non-hydrogen) atoms. The van der Waals surface area contributed by atoms with Crippen molar-refractivity contribution >= 4 is 18.2 Å². The highest BCUT2D eigenvalue weighted by atomic mass is 16.5. The summed E-state index contributed by atoms with van der Waals surface area (Å²) >= 11 is 0. The van der Waals surface area contributed by atoms with Crippen LogP contribution in [0.1, 0.15) is 0 Å². The van der Waals surface area contributed by atoms with E-state index in [2.05, 4.69) is 15.0 Å². The molecule has 7 nitrogen and oxygen atoms in total. The van der Waals surface area contributed by atoms with E-state index < -0.39 is 12.5 Å². The molecule has 0 aliphatic heterocycles. The molecule has 0 unspecified atom stereocenters. The van der Waals surface area contributed by atoms with Gasteiger partial charge >= 0.3 is 0 Å². The zero-order valence-electron chi connectivity index (χ0n) is 7.97. The van der Waals surface area contributed by atoms with Crippen molar-refractivity contribution in [2.24, 2.45) is 7.05 Å². The Morgan fingerprint density at radius 3 is 3.07 bits per heavy atom. The summed E-state index contributed by atoms with van der Waals surface area (Å²) in [7, 11) is 1.54. The lowest BCUT2D eigenvalue weighted by molar-refractivity contribution is -0.135. The molecule has 1 N–H and O–H groups in total. The Morgan fingerprint density at radius 1 is 1.73 bits per heavy atom. The van der Waals surface area contributed by atoms with Crippen molar-refractivity contribution in [2.75, 3.05) is 11.9 Å². The third-order valence-corrected chi connectivity index (χ3v) is 1.53. The van der Waals surface area contributed by atoms with Crippen LogP contribution in [0.2, 0.25) is 0 Å². The molecule has 0 bridgehead atoms. The molecule has 7 heteroatoms. The number of carbonyl (C=O) groups is 2. The zero-order chi connectivity index (χ0) is 11.3. The fourth-order valence-corrected chi connectivity index (χ4v) is 0.819. The second-order valence-electron chi connectivity index (χ2n) is 2.68. The minimum Gasteiger partial charge on any atom is -0.458 e. The molecule has 0 saturated carbocycles. The van der Waals surface area contributed by atoms with Crippen molar-refractivity contribution in [3.05, 3.63) is 22.7 Å². The van der Waals surface area contributed by atoms with Crippen LogP contribution >= 0.6 is 0 Å². The van der Waals surface area contributed by atoms with Crippen LogP contribution in [0.5, 0.6) is 0 Å². The van der Waals surface area contributed by atoms with E-state index >= 15 is 0 Å². The number of nitrogens with one attached hydrogen (secondary N) is 1. The number of amides is 1. The van der Waals surface area contributed by atoms with E-state index in [4.69, 9.17) is 0 Å². The Balaban J connectivity index is 2.65. The molecule has 0 aliphatic rings. The monoisotopic (exact) mass is 211 g/mol. The zero-order valence-corrected chi connectivity index (χ0v) is 7.97. The lowest BCUT2D eigenvalue weighted by atomic mass is 10.5. The number of aryl methyl sites for hydroxylation is 1. The summed E-state index contributed by atoms with van der Waals surface area (Å²) in [6.45, 7) is -0.239. The average Bonchev–Trinajstić information content (AvgIpc) is 2.20. The standard InChI is InChI=1S/C8H9N3O4/c1-11-4-9-6(2-8(11)14)10-7(13)3-15-5-12/h2,4-5H,3H2,1H3,(H,10,13). The molecule has 0 aliphatic carbocycles. The fourth-order valence-electron chi connectivity index (χ4n) is 0.819. The molecule has 0 aromatic carbocycles. The summed E-state index contributed by atoms with van der Waals surface area (Å²) in [5.74, 6) is -0.430. The molecule has 80 valence electrons. The lowest BCUT2D eigenvalue weighted by Gasteiger charge is -2.03. The first-order valence-electron chi connectivity index (χ1n) is 4.01. The highest BCUT2D eigenvalue weighted by Crippen LogP contribution is 1.95. The fraction of sp³-hybridized carbons (Fsp3) is 0.250. The topological polar surface area (TPSA) is 90.3 Å². The van der Waals surface area contributed by atoms with Crippen LogP contribution < -0.4 is 10.9 Å². The lowest BCUT2D eigenvalue weighted by Crippen LogP contribution is -2.22. The van der Waals surface area contributed by atoms with Gasteiger partial charge in [0.1, 0.15) is 5.82 Å². The first-order valence-corrected chi connectivity index (χ1v) is 4.01. The predicted octanol–water partition coefficient (Wildman–Crippen LogP) is -1.11. The molecule has 1 rings (SSSR count). The molecule has 1 amide bonds. The van der Waals surface area contributed by atoms with Gasteiger partial charge in [0, 0.05) is 13.1 Å². The van der Waals surface area contributed by atoms with E-state index in [1.165, 1.54) is 24.0 Å². The van der Waals surface area contributed by atoms with E-state index in [1.807, 2.05) is 0 Å². The molecule has 1 aromatic heterocycles. The molecular weight excluding hydrogens is 202 g/mol. The molecule has 0 radical (unpaired) electrons. The number of hydrogen-bond acceptors (Lipinski definition) is 5. The van der Waals surface area contributed by atoms with Gasteiger partial charge in [-0.1, -0.05) is 0 Å². The number of ether oxygens (including phenoxy) is 1. The minimum absolute atomic E-state index is 0.123. The van der Waals surface area contributed by atoms with Crippen LogP contribution in [0, 0.1) is 0 Å². The van der Waals surface area contributed by atoms with Gasteiger partial charge in [-0.25, -0.2) is 4.98 Å². The van der Waals surface area contributed by atoms with Crippen molar-refractivity contribution in [3.8, 4) is 0 Å². The summed E-state index contributed by atoms with van der Waals surface area (Å²) in [6, 6.07) is 1.17. The van der Waals surface area contributed by atoms with Crippen LogP contribution in [0.4, 0.5) is 5.82 Å². The van der Waals surface area contributed by atoms with E-state index in [1.54, 1.807) is 0 Å². The first kappa shape index (κ1) is 10.9. The van der Waals surface area contributed by atoms with Gasteiger partial charge in [0.2, 0.25) is 0 Å². The van der Waals surface area contributed by atoms with Gasteiger partial charge in [0.15, 0.2) is 6.61 Å². The minimum atomic E-state index is -0.553. The highest BCUT2D eigenvalue weighted by molar-refractivity contribution is 5.91. The number of aromatic nitrogens is 2. The molecular formula is C8H9N3O4. The maximum Gasteiger partial charge on any atom is 0.293 e. The summed E-state index contributed by atoms with van der Waals surface area (Å²) in [5, 5.41) is 2.30. The van der Waals surface area contributed by atoms with Crippen molar-refractivity contribution in [1.29, 1.82) is 0 Å². The van der Waals surface area contributed by atoms with Crippen LogP contribution in [-0.2, 0) is 21.4 Å². The quantitative estimate of drug-likeness (QED) is 0.638. The summed E-state index contributed by atoms with van der Waals surface area (Å²) in [4.78, 5) is 35.7. The van der Waals surface area contributed by atoms with E-state index in [9.17, 15) is 14.4 Å². The number of rotatable bonds is 4. The molecule has 0 saturated heterocycles. The van der Waals surface area contributed by atoms with Crippen LogP contribution in [0.3, 0.4) is 0 Å². The second kappa shape index (κ2) is 4.89. The Hall–Kier alpha value is -2.18. The highest BCUT2D eigenvalue weighted by Gasteiger charge is 2.03. The number of anilines is 1. The van der Waals surface area contributed by atoms with Crippen LogP contribution in [-0.4, -0.2) is 28.5 Å². The summed E-state index contributed by atoms with van der Waals surface area (Å²) < 4.78 is 5.48. The second-order valence-corrected chi connectivity index (χ2v) is 2.68. The maximum atomic E-state index is 11.1. The van der Waals surface area contributed by atoms with E-state index in [0.717, 1.165) is 0 Å². The smallest absolute Gasteiger partial charge is 0.293 e. The normalized spacial score (nSPS) is 9.40. The van der Waals surface area contributed by atoms with Crippen LogP contribution in [0.25, 0.3) is 0 Å². The Kier molecular flexibility index (Phi) is 3.55. The van der Waals surface area contributed by atoms with Crippen molar-refractivity contribution in [1.82, 2.24) is 9.55 Å². The predicted molar refractivity (Wildman–Crippen MR) is 50.1 cm³/mol. The third kappa shape index (κ3) is 3.22. The summed E-state index contributed by atoms with van der Waals surface area (Å²) in [5.41, 5.74) is -0.295. The molecule has 1 heterocycles. The third-order valence-electron chi connectivity index (χ3n) is 1.53. The van der Waals surface area contributed by atoms with Gasteiger partial charge in [0.05, 0.1) is 6.33 Å². The van der Waals surface area contributed by atoms with E-state index in [-0.39, 0.29) is 17.8 Å². The molecule has 0 atom stereocenters.